The number of thiophene rings is 1. The molecule has 3 aromatic rings. The van der Waals surface area contributed by atoms with Crippen molar-refractivity contribution >= 4 is 17.2 Å². The molecular weight excluding hydrogens is 399 g/mol. The molecule has 1 saturated heterocycles. The standard InChI is InChI=1S/C23H27FN4OS/c1-27(23(29)22-14-21(25-26-22)19-9-13-30-16-19)15-18-7-11-28(12-8-18)10-6-17-2-4-20(24)5-3-17/h2-5,9,13-14,16,18H,6-8,10-12,15H2,1H3,(H,25,26). The van der Waals surface area contributed by atoms with Crippen LogP contribution in [0.3, 0.4) is 0 Å². The highest BCUT2D eigenvalue weighted by molar-refractivity contribution is 7.08. The summed E-state index contributed by atoms with van der Waals surface area (Å²) in [4.78, 5) is 17.0. The maximum Gasteiger partial charge on any atom is 0.271 e. The molecule has 3 heterocycles. The number of rotatable bonds is 7. The number of H-pyrrole nitrogens is 1. The van der Waals surface area contributed by atoms with Crippen LogP contribution in [-0.4, -0.2) is 59.1 Å². The number of aromatic amines is 1. The minimum atomic E-state index is -0.184. The molecule has 1 aliphatic rings. The van der Waals surface area contributed by atoms with Crippen molar-refractivity contribution in [2.45, 2.75) is 19.3 Å². The van der Waals surface area contributed by atoms with E-state index in [1.807, 2.05) is 47.0 Å². The Labute approximate surface area is 180 Å². The van der Waals surface area contributed by atoms with Gasteiger partial charge in [-0.25, -0.2) is 4.39 Å². The fraction of sp³-hybridized carbons (Fsp3) is 0.391. The zero-order valence-electron chi connectivity index (χ0n) is 17.2. The Balaban J connectivity index is 1.22. The SMILES string of the molecule is CN(CC1CCN(CCc2ccc(F)cc2)CC1)C(=O)c1cc(-c2ccsc2)n[nH]1. The van der Waals surface area contributed by atoms with E-state index in [1.54, 1.807) is 11.3 Å². The van der Waals surface area contributed by atoms with Gasteiger partial charge in [-0.15, -0.1) is 0 Å². The van der Waals surface area contributed by atoms with Crippen LogP contribution in [0.4, 0.5) is 4.39 Å². The van der Waals surface area contributed by atoms with Crippen LogP contribution < -0.4 is 0 Å². The summed E-state index contributed by atoms with van der Waals surface area (Å²) < 4.78 is 13.0. The van der Waals surface area contributed by atoms with Gasteiger partial charge < -0.3 is 9.80 Å². The van der Waals surface area contributed by atoms with Crippen LogP contribution in [0, 0.1) is 11.7 Å². The number of nitrogens with zero attached hydrogens (tertiary/aromatic N) is 3. The van der Waals surface area contributed by atoms with Crippen LogP contribution in [0.15, 0.2) is 47.2 Å². The number of likely N-dealkylation sites (tertiary alicyclic amines) is 1. The number of carbonyl (C=O) groups excluding carboxylic acids is 1. The monoisotopic (exact) mass is 426 g/mol. The highest BCUT2D eigenvalue weighted by atomic mass is 32.1. The molecule has 1 fully saturated rings. The molecule has 1 aromatic carbocycles. The van der Waals surface area contributed by atoms with Crippen LogP contribution in [0.25, 0.3) is 11.3 Å². The summed E-state index contributed by atoms with van der Waals surface area (Å²) in [5.74, 6) is 0.319. The number of carbonyl (C=O) groups is 1. The second-order valence-corrected chi connectivity index (χ2v) is 8.81. The summed E-state index contributed by atoms with van der Waals surface area (Å²) in [6, 6.07) is 10.6. The molecule has 5 nitrogen and oxygen atoms in total. The highest BCUT2D eigenvalue weighted by Crippen LogP contribution is 2.22. The van der Waals surface area contributed by atoms with E-state index in [-0.39, 0.29) is 11.7 Å². The number of piperidine rings is 1. The number of aromatic nitrogens is 2. The second-order valence-electron chi connectivity index (χ2n) is 8.03. The molecular formula is C23H27FN4OS. The van der Waals surface area contributed by atoms with Gasteiger partial charge in [0.15, 0.2) is 0 Å². The smallest absolute Gasteiger partial charge is 0.271 e. The Morgan fingerprint density at radius 1 is 1.27 bits per heavy atom. The zero-order valence-corrected chi connectivity index (χ0v) is 18.0. The number of nitrogens with one attached hydrogen (secondary N) is 1. The van der Waals surface area contributed by atoms with Crippen molar-refractivity contribution < 1.29 is 9.18 Å². The van der Waals surface area contributed by atoms with Gasteiger partial charge in [0, 0.05) is 31.1 Å². The van der Waals surface area contributed by atoms with Crippen molar-refractivity contribution in [3.05, 3.63) is 64.2 Å². The Hall–Kier alpha value is -2.51. The van der Waals surface area contributed by atoms with Gasteiger partial charge >= 0.3 is 0 Å². The van der Waals surface area contributed by atoms with Crippen molar-refractivity contribution in [3.8, 4) is 11.3 Å². The van der Waals surface area contributed by atoms with Crippen LogP contribution >= 0.6 is 11.3 Å². The molecule has 0 aliphatic carbocycles. The normalized spacial score (nSPS) is 15.4. The van der Waals surface area contributed by atoms with Crippen LogP contribution in [0.2, 0.25) is 0 Å². The summed E-state index contributed by atoms with van der Waals surface area (Å²) in [6.45, 7) is 3.84. The van der Waals surface area contributed by atoms with Crippen molar-refractivity contribution in [1.82, 2.24) is 20.0 Å². The van der Waals surface area contributed by atoms with E-state index in [4.69, 9.17) is 0 Å². The molecule has 0 spiro atoms. The summed E-state index contributed by atoms with van der Waals surface area (Å²) in [5, 5.41) is 11.2. The van der Waals surface area contributed by atoms with Crippen LogP contribution in [-0.2, 0) is 6.42 Å². The molecule has 0 unspecified atom stereocenters. The summed E-state index contributed by atoms with van der Waals surface area (Å²) in [7, 11) is 1.87. The largest absolute Gasteiger partial charge is 0.340 e. The van der Waals surface area contributed by atoms with Crippen molar-refractivity contribution in [1.29, 1.82) is 0 Å². The van der Waals surface area contributed by atoms with E-state index in [1.165, 1.54) is 17.7 Å². The Morgan fingerprint density at radius 3 is 2.73 bits per heavy atom. The molecule has 0 radical (unpaired) electrons. The Bertz CT molecular complexity index is 946. The minimum Gasteiger partial charge on any atom is -0.340 e. The first kappa shape index (κ1) is 20.8. The summed E-state index contributed by atoms with van der Waals surface area (Å²) in [6.07, 6.45) is 3.12. The average Bonchev–Trinajstić information content (AvgIpc) is 3.46. The lowest BCUT2D eigenvalue weighted by Crippen LogP contribution is -2.40. The Morgan fingerprint density at radius 2 is 2.03 bits per heavy atom. The van der Waals surface area contributed by atoms with Gasteiger partial charge in [0.2, 0.25) is 0 Å². The van der Waals surface area contributed by atoms with E-state index in [9.17, 15) is 9.18 Å². The van der Waals surface area contributed by atoms with E-state index in [2.05, 4.69) is 15.1 Å². The topological polar surface area (TPSA) is 52.2 Å². The quantitative estimate of drug-likeness (QED) is 0.613. The lowest BCUT2D eigenvalue weighted by Gasteiger charge is -2.33. The first-order chi connectivity index (χ1) is 14.6. The van der Waals surface area contributed by atoms with E-state index in [0.717, 1.165) is 56.7 Å². The lowest BCUT2D eigenvalue weighted by atomic mass is 9.96. The van der Waals surface area contributed by atoms with Gasteiger partial charge in [0.05, 0.1) is 5.69 Å². The van der Waals surface area contributed by atoms with E-state index < -0.39 is 0 Å². The van der Waals surface area contributed by atoms with Gasteiger partial charge in [-0.05, 0) is 73.5 Å². The lowest BCUT2D eigenvalue weighted by molar-refractivity contribution is 0.0734. The summed E-state index contributed by atoms with van der Waals surface area (Å²) in [5.41, 5.74) is 3.55. The van der Waals surface area contributed by atoms with Gasteiger partial charge in [-0.2, -0.15) is 16.4 Å². The predicted octanol–water partition coefficient (Wildman–Crippen LogP) is 4.30. The first-order valence-electron chi connectivity index (χ1n) is 10.4. The van der Waals surface area contributed by atoms with E-state index in [0.29, 0.717) is 11.6 Å². The molecule has 0 bridgehead atoms. The second kappa shape index (κ2) is 9.53. The van der Waals surface area contributed by atoms with Crippen molar-refractivity contribution in [3.63, 3.8) is 0 Å². The zero-order chi connectivity index (χ0) is 20.9. The molecule has 1 amide bonds. The molecule has 4 rings (SSSR count). The third-order valence-corrected chi connectivity index (χ3v) is 6.52. The molecule has 1 aliphatic heterocycles. The third-order valence-electron chi connectivity index (χ3n) is 5.84. The average molecular weight is 427 g/mol. The van der Waals surface area contributed by atoms with Gasteiger partial charge in [0.25, 0.3) is 5.91 Å². The fourth-order valence-corrected chi connectivity index (χ4v) is 4.65. The van der Waals surface area contributed by atoms with Crippen LogP contribution in [0.1, 0.15) is 28.9 Å². The number of halogens is 1. The maximum absolute atomic E-state index is 13.0. The van der Waals surface area contributed by atoms with Gasteiger partial charge in [-0.1, -0.05) is 12.1 Å². The fourth-order valence-electron chi connectivity index (χ4n) is 4.00. The maximum atomic E-state index is 13.0. The molecule has 158 valence electrons. The van der Waals surface area contributed by atoms with Crippen molar-refractivity contribution in [2.75, 3.05) is 33.2 Å². The number of benzene rings is 1. The van der Waals surface area contributed by atoms with E-state index >= 15 is 0 Å². The third kappa shape index (κ3) is 5.15. The molecule has 2 aromatic heterocycles. The molecule has 1 N–H and O–H groups in total. The van der Waals surface area contributed by atoms with Crippen molar-refractivity contribution in [2.24, 2.45) is 5.92 Å². The van der Waals surface area contributed by atoms with Gasteiger partial charge in [-0.3, -0.25) is 9.89 Å². The Kier molecular flexibility index (Phi) is 6.59. The molecule has 7 heteroatoms. The summed E-state index contributed by atoms with van der Waals surface area (Å²) >= 11 is 1.62. The molecule has 30 heavy (non-hydrogen) atoms. The minimum absolute atomic E-state index is 0.0114. The number of amides is 1. The highest BCUT2D eigenvalue weighted by Gasteiger charge is 2.23. The van der Waals surface area contributed by atoms with Gasteiger partial charge in [0.1, 0.15) is 11.5 Å². The van der Waals surface area contributed by atoms with Crippen LogP contribution in [0.5, 0.6) is 0 Å². The first-order valence-corrected chi connectivity index (χ1v) is 11.3. The number of hydrogen-bond donors (Lipinski definition) is 1. The molecule has 0 atom stereocenters. The predicted molar refractivity (Wildman–Crippen MR) is 118 cm³/mol. The molecule has 0 saturated carbocycles. The number of hydrogen-bond acceptors (Lipinski definition) is 4.